The first-order valence-electron chi connectivity index (χ1n) is 11.0. The van der Waals surface area contributed by atoms with Gasteiger partial charge in [-0.1, -0.05) is 48.2 Å². The number of halogens is 1. The highest BCUT2D eigenvalue weighted by Crippen LogP contribution is 2.43. The highest BCUT2D eigenvalue weighted by atomic mass is 32.2. The number of amides is 1. The van der Waals surface area contributed by atoms with Crippen LogP contribution in [0.2, 0.25) is 0 Å². The maximum atomic E-state index is 14.3. The van der Waals surface area contributed by atoms with Crippen molar-refractivity contribution in [3.05, 3.63) is 66.1 Å². The topological polar surface area (TPSA) is 66.8 Å². The Hall–Kier alpha value is -2.78. The van der Waals surface area contributed by atoms with Crippen LogP contribution in [0.4, 0.5) is 4.39 Å². The van der Waals surface area contributed by atoms with Crippen molar-refractivity contribution >= 4 is 40.3 Å². The van der Waals surface area contributed by atoms with E-state index in [0.29, 0.717) is 18.2 Å². The van der Waals surface area contributed by atoms with Gasteiger partial charge in [0, 0.05) is 46.6 Å². The number of carbonyl (C=O) groups is 1. The minimum atomic E-state index is -0.276. The summed E-state index contributed by atoms with van der Waals surface area (Å²) in [5.41, 5.74) is 2.66. The van der Waals surface area contributed by atoms with Gasteiger partial charge in [0.1, 0.15) is 11.2 Å². The van der Waals surface area contributed by atoms with Gasteiger partial charge in [-0.05, 0) is 25.0 Å². The molecule has 0 radical (unpaired) electrons. The van der Waals surface area contributed by atoms with E-state index in [-0.39, 0.29) is 22.9 Å². The van der Waals surface area contributed by atoms with Crippen LogP contribution in [0.3, 0.4) is 0 Å². The fraction of sp³-hybridized carbons (Fsp3) is 0.292. The van der Waals surface area contributed by atoms with Gasteiger partial charge < -0.3 is 9.88 Å². The Bertz CT molecular complexity index is 1330. The minimum absolute atomic E-state index is 0.00255. The third kappa shape index (κ3) is 3.83. The van der Waals surface area contributed by atoms with E-state index in [0.717, 1.165) is 46.0 Å². The summed E-state index contributed by atoms with van der Waals surface area (Å²) in [6, 6.07) is 15.2. The molecule has 1 N–H and O–H groups in total. The maximum Gasteiger partial charge on any atom is 0.234 e. The number of thioether (sulfide) groups is 2. The van der Waals surface area contributed by atoms with E-state index >= 15 is 0 Å². The number of carbonyl (C=O) groups excluding carboxylic acids is 1. The number of aromatic nitrogens is 4. The molecule has 0 unspecified atom stereocenters. The van der Waals surface area contributed by atoms with E-state index in [2.05, 4.69) is 25.8 Å². The third-order valence-electron chi connectivity index (χ3n) is 6.11. The van der Waals surface area contributed by atoms with Crippen LogP contribution in [-0.4, -0.2) is 48.6 Å². The Balaban J connectivity index is 1.23. The standard InChI is InChI=1S/C24H22FN5OS2/c25-19-7-3-1-6-17(19)23-29(11-12-32-23)21(31)14-33-24-28-27-22(30(24)15-9-10-15)18-13-26-20-8-4-2-5-16(18)20/h1-8,13,15,23,26H,9-12,14H2/t23-/m1/s1. The second-order valence-electron chi connectivity index (χ2n) is 8.28. The predicted octanol–water partition coefficient (Wildman–Crippen LogP) is 5.27. The number of hydrogen-bond acceptors (Lipinski definition) is 5. The molecular formula is C24H22FN5OS2. The first kappa shape index (κ1) is 20.8. The molecule has 3 heterocycles. The van der Waals surface area contributed by atoms with Crippen LogP contribution in [0.1, 0.15) is 29.8 Å². The fourth-order valence-electron chi connectivity index (χ4n) is 4.35. The van der Waals surface area contributed by atoms with Gasteiger partial charge in [0.05, 0.1) is 5.75 Å². The SMILES string of the molecule is O=C(CSc1nnc(-c2c[nH]c3ccccc23)n1C1CC1)N1CCS[C@@H]1c1ccccc1F. The Morgan fingerprint density at radius 2 is 1.97 bits per heavy atom. The molecule has 1 saturated carbocycles. The second-order valence-corrected chi connectivity index (χ2v) is 10.4. The smallest absolute Gasteiger partial charge is 0.234 e. The summed E-state index contributed by atoms with van der Waals surface area (Å²) in [5, 5.41) is 10.6. The van der Waals surface area contributed by atoms with Gasteiger partial charge in [-0.3, -0.25) is 9.36 Å². The molecule has 0 spiro atoms. The number of H-pyrrole nitrogens is 1. The largest absolute Gasteiger partial charge is 0.360 e. The lowest BCUT2D eigenvalue weighted by Gasteiger charge is -2.24. The lowest BCUT2D eigenvalue weighted by Crippen LogP contribution is -2.32. The van der Waals surface area contributed by atoms with Gasteiger partial charge in [-0.2, -0.15) is 0 Å². The fourth-order valence-corrected chi connectivity index (χ4v) is 6.54. The average Bonchev–Trinajstić information content (AvgIpc) is 3.23. The van der Waals surface area contributed by atoms with E-state index in [1.165, 1.54) is 17.8 Å². The number of fused-ring (bicyclic) bond motifs is 1. The van der Waals surface area contributed by atoms with Crippen molar-refractivity contribution in [2.45, 2.75) is 29.4 Å². The highest BCUT2D eigenvalue weighted by molar-refractivity contribution is 8.00. The molecule has 2 aromatic heterocycles. The van der Waals surface area contributed by atoms with Crippen molar-refractivity contribution in [2.75, 3.05) is 18.1 Å². The second kappa shape index (κ2) is 8.53. The minimum Gasteiger partial charge on any atom is -0.360 e. The summed E-state index contributed by atoms with van der Waals surface area (Å²) in [7, 11) is 0. The molecule has 2 aliphatic rings. The molecule has 2 fully saturated rings. The zero-order valence-electron chi connectivity index (χ0n) is 17.8. The maximum absolute atomic E-state index is 14.3. The monoisotopic (exact) mass is 479 g/mol. The summed E-state index contributed by atoms with van der Waals surface area (Å²) < 4.78 is 16.5. The van der Waals surface area contributed by atoms with Crippen LogP contribution in [-0.2, 0) is 4.79 Å². The summed E-state index contributed by atoms with van der Waals surface area (Å²) in [5.74, 6) is 1.63. The van der Waals surface area contributed by atoms with E-state index in [1.54, 1.807) is 28.8 Å². The van der Waals surface area contributed by atoms with Crippen molar-refractivity contribution in [3.8, 4) is 11.4 Å². The van der Waals surface area contributed by atoms with Gasteiger partial charge in [0.2, 0.25) is 5.91 Å². The molecule has 6 rings (SSSR count). The van der Waals surface area contributed by atoms with E-state index in [4.69, 9.17) is 0 Å². The number of rotatable bonds is 6. The first-order chi connectivity index (χ1) is 16.2. The lowest BCUT2D eigenvalue weighted by molar-refractivity contribution is -0.128. The molecular weight excluding hydrogens is 457 g/mol. The molecule has 1 aliphatic heterocycles. The van der Waals surface area contributed by atoms with Crippen LogP contribution < -0.4 is 0 Å². The van der Waals surface area contributed by atoms with Crippen molar-refractivity contribution in [1.29, 1.82) is 0 Å². The molecule has 1 atom stereocenters. The zero-order valence-corrected chi connectivity index (χ0v) is 19.4. The molecule has 9 heteroatoms. The molecule has 6 nitrogen and oxygen atoms in total. The van der Waals surface area contributed by atoms with Crippen molar-refractivity contribution in [2.24, 2.45) is 0 Å². The van der Waals surface area contributed by atoms with E-state index in [9.17, 15) is 9.18 Å². The number of para-hydroxylation sites is 1. The molecule has 33 heavy (non-hydrogen) atoms. The predicted molar refractivity (Wildman–Crippen MR) is 130 cm³/mol. The van der Waals surface area contributed by atoms with Crippen LogP contribution in [0.15, 0.2) is 59.9 Å². The molecule has 1 amide bonds. The van der Waals surface area contributed by atoms with Gasteiger partial charge >= 0.3 is 0 Å². The molecule has 1 aliphatic carbocycles. The molecule has 0 bridgehead atoms. The first-order valence-corrected chi connectivity index (χ1v) is 13.0. The number of nitrogens with one attached hydrogen (secondary N) is 1. The summed E-state index contributed by atoms with van der Waals surface area (Å²) in [4.78, 5) is 18.2. The number of nitrogens with zero attached hydrogens (tertiary/aromatic N) is 4. The highest BCUT2D eigenvalue weighted by Gasteiger charge is 2.34. The van der Waals surface area contributed by atoms with Crippen LogP contribution in [0.25, 0.3) is 22.3 Å². The van der Waals surface area contributed by atoms with Crippen molar-refractivity contribution in [3.63, 3.8) is 0 Å². The van der Waals surface area contributed by atoms with E-state index < -0.39 is 0 Å². The Morgan fingerprint density at radius 1 is 1.15 bits per heavy atom. The number of benzene rings is 2. The average molecular weight is 480 g/mol. The normalized spacial score (nSPS) is 18.3. The summed E-state index contributed by atoms with van der Waals surface area (Å²) in [6.45, 7) is 0.624. The van der Waals surface area contributed by atoms with E-state index in [1.807, 2.05) is 30.5 Å². The van der Waals surface area contributed by atoms with Crippen LogP contribution >= 0.6 is 23.5 Å². The lowest BCUT2D eigenvalue weighted by atomic mass is 10.1. The molecule has 168 valence electrons. The number of aromatic amines is 1. The van der Waals surface area contributed by atoms with Crippen LogP contribution in [0, 0.1) is 5.82 Å². The zero-order chi connectivity index (χ0) is 22.4. The Labute approximate surface area is 199 Å². The molecule has 1 saturated heterocycles. The van der Waals surface area contributed by atoms with Gasteiger partial charge in [0.25, 0.3) is 0 Å². The third-order valence-corrected chi connectivity index (χ3v) is 8.28. The van der Waals surface area contributed by atoms with Crippen molar-refractivity contribution in [1.82, 2.24) is 24.6 Å². The number of hydrogen-bond donors (Lipinski definition) is 1. The van der Waals surface area contributed by atoms with Crippen molar-refractivity contribution < 1.29 is 9.18 Å². The van der Waals surface area contributed by atoms with Gasteiger partial charge in [-0.25, -0.2) is 4.39 Å². The van der Waals surface area contributed by atoms with Gasteiger partial charge in [-0.15, -0.1) is 22.0 Å². The Kier molecular flexibility index (Phi) is 5.38. The van der Waals surface area contributed by atoms with Gasteiger partial charge in [0.15, 0.2) is 11.0 Å². The Morgan fingerprint density at radius 3 is 2.82 bits per heavy atom. The van der Waals surface area contributed by atoms with Crippen LogP contribution in [0.5, 0.6) is 0 Å². The molecule has 4 aromatic rings. The summed E-state index contributed by atoms with van der Waals surface area (Å²) in [6.07, 6.45) is 4.16. The molecule has 2 aromatic carbocycles. The summed E-state index contributed by atoms with van der Waals surface area (Å²) >= 11 is 3.03. The quantitative estimate of drug-likeness (QED) is 0.382.